The van der Waals surface area contributed by atoms with E-state index in [9.17, 15) is 9.59 Å². The van der Waals surface area contributed by atoms with Crippen LogP contribution in [0.25, 0.3) is 0 Å². The first-order valence-electron chi connectivity index (χ1n) is 7.35. The highest BCUT2D eigenvalue weighted by Crippen LogP contribution is 2.30. The first-order valence-corrected chi connectivity index (χ1v) is 7.35. The summed E-state index contributed by atoms with van der Waals surface area (Å²) in [6.45, 7) is 4.57. The number of aliphatic carboxylic acids is 1. The maximum Gasteiger partial charge on any atom is 0.317 e. The molecule has 1 saturated carbocycles. The monoisotopic (exact) mass is 284 g/mol. The quantitative estimate of drug-likeness (QED) is 0.691. The molecular formula is C14H24N2O4. The molecule has 0 bridgehead atoms. The number of rotatable bonds is 7. The molecular weight excluding hydrogens is 260 g/mol. The van der Waals surface area contributed by atoms with Gasteiger partial charge >= 0.3 is 12.0 Å². The lowest BCUT2D eigenvalue weighted by Crippen LogP contribution is -2.41. The lowest BCUT2D eigenvalue weighted by molar-refractivity contribution is -0.146. The standard InChI is InChI=1S/C14H24N2O4/c1-14(12(17)18)5-7-16(10-14)13(19)15-6-2-8-20-9-11-3-4-11/h11H,2-10H2,1H3,(H,15,19)(H,17,18). The Balaban J connectivity index is 1.56. The van der Waals surface area contributed by atoms with E-state index in [4.69, 9.17) is 9.84 Å². The zero-order valence-electron chi connectivity index (χ0n) is 12.1. The third kappa shape index (κ3) is 4.10. The first kappa shape index (κ1) is 15.1. The van der Waals surface area contributed by atoms with E-state index >= 15 is 0 Å². The van der Waals surface area contributed by atoms with Crippen LogP contribution in [0.2, 0.25) is 0 Å². The van der Waals surface area contributed by atoms with Gasteiger partial charge in [-0.25, -0.2) is 4.79 Å². The average molecular weight is 284 g/mol. The van der Waals surface area contributed by atoms with Crippen molar-refractivity contribution in [2.75, 3.05) is 32.8 Å². The maximum absolute atomic E-state index is 11.9. The van der Waals surface area contributed by atoms with Crippen molar-refractivity contribution in [3.8, 4) is 0 Å². The second-order valence-corrected chi connectivity index (χ2v) is 6.14. The molecule has 2 amide bonds. The maximum atomic E-state index is 11.9. The van der Waals surface area contributed by atoms with Gasteiger partial charge in [-0.3, -0.25) is 4.79 Å². The predicted molar refractivity (Wildman–Crippen MR) is 73.5 cm³/mol. The second kappa shape index (κ2) is 6.43. The Bertz CT molecular complexity index is 370. The van der Waals surface area contributed by atoms with Crippen LogP contribution < -0.4 is 5.32 Å². The molecule has 2 aliphatic rings. The molecule has 1 atom stereocenters. The molecule has 114 valence electrons. The Kier molecular flexibility index (Phi) is 4.86. The lowest BCUT2D eigenvalue weighted by atomic mass is 9.90. The van der Waals surface area contributed by atoms with Crippen LogP contribution in [0.4, 0.5) is 4.79 Å². The van der Waals surface area contributed by atoms with E-state index in [1.54, 1.807) is 11.8 Å². The van der Waals surface area contributed by atoms with Gasteiger partial charge < -0.3 is 20.1 Å². The Morgan fingerprint density at radius 3 is 2.80 bits per heavy atom. The second-order valence-electron chi connectivity index (χ2n) is 6.14. The van der Waals surface area contributed by atoms with Crippen molar-refractivity contribution >= 4 is 12.0 Å². The van der Waals surface area contributed by atoms with Gasteiger partial charge in [0.15, 0.2) is 0 Å². The van der Waals surface area contributed by atoms with E-state index in [2.05, 4.69) is 5.32 Å². The summed E-state index contributed by atoms with van der Waals surface area (Å²) in [7, 11) is 0. The van der Waals surface area contributed by atoms with Gasteiger partial charge in [0, 0.05) is 32.8 Å². The van der Waals surface area contributed by atoms with E-state index in [1.165, 1.54) is 12.8 Å². The minimum atomic E-state index is -0.832. The first-order chi connectivity index (χ1) is 9.51. The number of hydrogen-bond donors (Lipinski definition) is 2. The van der Waals surface area contributed by atoms with E-state index in [1.807, 2.05) is 0 Å². The smallest absolute Gasteiger partial charge is 0.317 e. The van der Waals surface area contributed by atoms with Gasteiger partial charge in [0.25, 0.3) is 0 Å². The van der Waals surface area contributed by atoms with Crippen LogP contribution in [0.3, 0.4) is 0 Å². The molecule has 0 aromatic carbocycles. The minimum absolute atomic E-state index is 0.169. The summed E-state index contributed by atoms with van der Waals surface area (Å²) in [4.78, 5) is 24.6. The molecule has 1 aliphatic heterocycles. The molecule has 0 spiro atoms. The lowest BCUT2D eigenvalue weighted by Gasteiger charge is -2.20. The normalized spacial score (nSPS) is 25.8. The molecule has 1 unspecified atom stereocenters. The van der Waals surface area contributed by atoms with Gasteiger partial charge in [0.05, 0.1) is 5.41 Å². The summed E-state index contributed by atoms with van der Waals surface area (Å²) >= 11 is 0. The van der Waals surface area contributed by atoms with Crippen LogP contribution in [-0.4, -0.2) is 54.9 Å². The molecule has 6 heteroatoms. The van der Waals surface area contributed by atoms with Crippen molar-refractivity contribution in [1.82, 2.24) is 10.2 Å². The number of ether oxygens (including phenoxy) is 1. The molecule has 1 saturated heterocycles. The number of carboxylic acids is 1. The van der Waals surface area contributed by atoms with Gasteiger partial charge in [-0.2, -0.15) is 0 Å². The molecule has 2 fully saturated rings. The van der Waals surface area contributed by atoms with Crippen LogP contribution in [0.5, 0.6) is 0 Å². The molecule has 0 aromatic rings. The fraction of sp³-hybridized carbons (Fsp3) is 0.857. The molecule has 2 N–H and O–H groups in total. The zero-order chi connectivity index (χ0) is 14.6. The molecule has 20 heavy (non-hydrogen) atoms. The van der Waals surface area contributed by atoms with Gasteiger partial charge in [-0.1, -0.05) is 0 Å². The fourth-order valence-corrected chi connectivity index (χ4v) is 2.32. The van der Waals surface area contributed by atoms with Crippen molar-refractivity contribution in [2.45, 2.75) is 32.6 Å². The van der Waals surface area contributed by atoms with Crippen molar-refractivity contribution < 1.29 is 19.4 Å². The predicted octanol–water partition coefficient (Wildman–Crippen LogP) is 1.31. The number of hydrogen-bond acceptors (Lipinski definition) is 3. The van der Waals surface area contributed by atoms with E-state index < -0.39 is 11.4 Å². The zero-order valence-corrected chi connectivity index (χ0v) is 12.1. The van der Waals surface area contributed by atoms with Crippen molar-refractivity contribution in [2.24, 2.45) is 11.3 Å². The molecule has 0 aromatic heterocycles. The molecule has 1 heterocycles. The number of nitrogens with zero attached hydrogens (tertiary/aromatic N) is 1. The Hall–Kier alpha value is -1.30. The number of amides is 2. The van der Waals surface area contributed by atoms with Crippen LogP contribution in [-0.2, 0) is 9.53 Å². The Morgan fingerprint density at radius 2 is 2.20 bits per heavy atom. The van der Waals surface area contributed by atoms with Gasteiger partial charge in [0.2, 0.25) is 0 Å². The summed E-state index contributed by atoms with van der Waals surface area (Å²) in [5.41, 5.74) is -0.801. The van der Waals surface area contributed by atoms with E-state index in [-0.39, 0.29) is 12.6 Å². The van der Waals surface area contributed by atoms with Crippen molar-refractivity contribution in [3.63, 3.8) is 0 Å². The average Bonchev–Trinajstić information content (AvgIpc) is 3.14. The minimum Gasteiger partial charge on any atom is -0.481 e. The summed E-state index contributed by atoms with van der Waals surface area (Å²) in [6.07, 6.45) is 3.88. The van der Waals surface area contributed by atoms with Crippen molar-refractivity contribution in [3.05, 3.63) is 0 Å². The van der Waals surface area contributed by atoms with Crippen LogP contribution >= 0.6 is 0 Å². The van der Waals surface area contributed by atoms with Crippen LogP contribution in [0, 0.1) is 11.3 Å². The topological polar surface area (TPSA) is 78.9 Å². The highest BCUT2D eigenvalue weighted by atomic mass is 16.5. The molecule has 6 nitrogen and oxygen atoms in total. The SMILES string of the molecule is CC1(C(=O)O)CCN(C(=O)NCCCOCC2CC2)C1. The summed E-state index contributed by atoms with van der Waals surface area (Å²) in [5.74, 6) is -0.0656. The van der Waals surface area contributed by atoms with Crippen LogP contribution in [0.1, 0.15) is 32.6 Å². The third-order valence-electron chi connectivity index (χ3n) is 4.07. The largest absolute Gasteiger partial charge is 0.481 e. The molecule has 0 radical (unpaired) electrons. The Labute approximate surface area is 119 Å². The van der Waals surface area contributed by atoms with E-state index in [0.29, 0.717) is 26.1 Å². The van der Waals surface area contributed by atoms with Gasteiger partial charge in [-0.05, 0) is 38.5 Å². The number of nitrogens with one attached hydrogen (secondary N) is 1. The highest BCUT2D eigenvalue weighted by Gasteiger charge is 2.42. The fourth-order valence-electron chi connectivity index (χ4n) is 2.32. The van der Waals surface area contributed by atoms with Crippen LogP contribution in [0.15, 0.2) is 0 Å². The van der Waals surface area contributed by atoms with Gasteiger partial charge in [-0.15, -0.1) is 0 Å². The summed E-state index contributed by atoms with van der Waals surface area (Å²) in [5, 5.41) is 11.9. The van der Waals surface area contributed by atoms with E-state index in [0.717, 1.165) is 18.9 Å². The molecule has 1 aliphatic carbocycles. The van der Waals surface area contributed by atoms with Gasteiger partial charge in [0.1, 0.15) is 0 Å². The number of urea groups is 1. The Morgan fingerprint density at radius 1 is 1.45 bits per heavy atom. The number of carboxylic acid groups (broad SMARTS) is 1. The number of carbonyl (C=O) groups is 2. The number of likely N-dealkylation sites (tertiary alicyclic amines) is 1. The number of carbonyl (C=O) groups excluding carboxylic acids is 1. The van der Waals surface area contributed by atoms with Crippen molar-refractivity contribution in [1.29, 1.82) is 0 Å². The third-order valence-corrected chi connectivity index (χ3v) is 4.07. The highest BCUT2D eigenvalue weighted by molar-refractivity contribution is 5.79. The molecule has 2 rings (SSSR count). The summed E-state index contributed by atoms with van der Waals surface area (Å²) in [6, 6.07) is -0.169. The summed E-state index contributed by atoms with van der Waals surface area (Å²) < 4.78 is 5.49.